The van der Waals surface area contributed by atoms with Crippen LogP contribution >= 0.6 is 0 Å². The molecule has 1 saturated heterocycles. The third kappa shape index (κ3) is 2.25. The molecule has 3 nitrogen and oxygen atoms in total. The molecule has 1 heterocycles. The van der Waals surface area contributed by atoms with Gasteiger partial charge in [-0.05, 0) is 24.1 Å². The number of nitrogens with one attached hydrogen (secondary N) is 1. The number of benzene rings is 1. The molecule has 0 radical (unpaired) electrons. The normalized spacial score (nSPS) is 23.6. The van der Waals surface area contributed by atoms with E-state index < -0.39 is 0 Å². The highest BCUT2D eigenvalue weighted by Gasteiger charge is 2.32. The summed E-state index contributed by atoms with van der Waals surface area (Å²) in [5.74, 6) is -0.0377. The van der Waals surface area contributed by atoms with Crippen molar-refractivity contribution in [3.63, 3.8) is 0 Å². The molecule has 92 valence electrons. The largest absolute Gasteiger partial charge is 0.494 e. The lowest BCUT2D eigenvalue weighted by atomic mass is 9.90. The van der Waals surface area contributed by atoms with Crippen molar-refractivity contribution in [2.24, 2.45) is 0 Å². The van der Waals surface area contributed by atoms with E-state index in [0.29, 0.717) is 6.42 Å². The molecule has 2 rings (SSSR count). The maximum absolute atomic E-state index is 13.6. The van der Waals surface area contributed by atoms with Gasteiger partial charge in [-0.25, -0.2) is 4.39 Å². The number of rotatable bonds is 3. The molecular formula is C13H16FNO2. The molecule has 1 aliphatic rings. The van der Waals surface area contributed by atoms with Crippen LogP contribution in [0, 0.1) is 5.82 Å². The summed E-state index contributed by atoms with van der Waals surface area (Å²) in [5, 5.41) is 2.91. The SMILES string of the molecule is CCC1NC(=O)CC1c1ccc(OC)c(F)c1. The fourth-order valence-electron chi connectivity index (χ4n) is 2.36. The molecule has 0 saturated carbocycles. The molecule has 1 N–H and O–H groups in total. The van der Waals surface area contributed by atoms with Crippen molar-refractivity contribution >= 4 is 5.91 Å². The molecule has 1 aromatic rings. The summed E-state index contributed by atoms with van der Waals surface area (Å²) in [7, 11) is 1.44. The summed E-state index contributed by atoms with van der Waals surface area (Å²) < 4.78 is 18.5. The Morgan fingerprint density at radius 2 is 2.29 bits per heavy atom. The van der Waals surface area contributed by atoms with E-state index >= 15 is 0 Å². The van der Waals surface area contributed by atoms with Crippen molar-refractivity contribution in [3.05, 3.63) is 29.6 Å². The lowest BCUT2D eigenvalue weighted by Gasteiger charge is -2.17. The highest BCUT2D eigenvalue weighted by atomic mass is 19.1. The fourth-order valence-corrected chi connectivity index (χ4v) is 2.36. The van der Waals surface area contributed by atoms with Crippen molar-refractivity contribution < 1.29 is 13.9 Å². The molecule has 1 aromatic carbocycles. The number of carbonyl (C=O) groups is 1. The van der Waals surface area contributed by atoms with Gasteiger partial charge >= 0.3 is 0 Å². The van der Waals surface area contributed by atoms with Crippen molar-refractivity contribution in [1.29, 1.82) is 0 Å². The lowest BCUT2D eigenvalue weighted by molar-refractivity contribution is -0.119. The maximum Gasteiger partial charge on any atom is 0.220 e. The summed E-state index contributed by atoms with van der Waals surface area (Å²) in [5.41, 5.74) is 0.855. The summed E-state index contributed by atoms with van der Waals surface area (Å²) in [6, 6.07) is 5.01. The van der Waals surface area contributed by atoms with Crippen LogP contribution in [0.4, 0.5) is 4.39 Å². The Bertz CT molecular complexity index is 433. The van der Waals surface area contributed by atoms with Crippen molar-refractivity contribution in [1.82, 2.24) is 5.32 Å². The number of ether oxygens (including phenoxy) is 1. The minimum Gasteiger partial charge on any atom is -0.494 e. The third-order valence-corrected chi connectivity index (χ3v) is 3.28. The van der Waals surface area contributed by atoms with E-state index in [0.717, 1.165) is 12.0 Å². The Hall–Kier alpha value is -1.58. The molecule has 1 amide bonds. The van der Waals surface area contributed by atoms with Gasteiger partial charge in [0, 0.05) is 18.4 Å². The zero-order chi connectivity index (χ0) is 12.4. The molecule has 0 bridgehead atoms. The maximum atomic E-state index is 13.6. The van der Waals surface area contributed by atoms with Gasteiger partial charge in [0.2, 0.25) is 5.91 Å². The Kier molecular flexibility index (Phi) is 3.31. The van der Waals surface area contributed by atoms with E-state index in [9.17, 15) is 9.18 Å². The molecule has 0 spiro atoms. The standard InChI is InChI=1S/C13H16FNO2/c1-3-11-9(7-13(16)15-11)8-4-5-12(17-2)10(14)6-8/h4-6,9,11H,3,7H2,1-2H3,(H,15,16). The van der Waals surface area contributed by atoms with Gasteiger partial charge in [-0.15, -0.1) is 0 Å². The highest BCUT2D eigenvalue weighted by molar-refractivity contribution is 5.80. The molecule has 1 fully saturated rings. The fraction of sp³-hybridized carbons (Fsp3) is 0.462. The zero-order valence-corrected chi connectivity index (χ0v) is 10.00. The average Bonchev–Trinajstić information content (AvgIpc) is 2.70. The first kappa shape index (κ1) is 11.9. The zero-order valence-electron chi connectivity index (χ0n) is 10.00. The van der Waals surface area contributed by atoms with Gasteiger partial charge in [-0.2, -0.15) is 0 Å². The molecule has 17 heavy (non-hydrogen) atoms. The van der Waals surface area contributed by atoms with Crippen LogP contribution in [0.3, 0.4) is 0 Å². The van der Waals surface area contributed by atoms with Crippen LogP contribution in [0.25, 0.3) is 0 Å². The van der Waals surface area contributed by atoms with Gasteiger partial charge in [-0.1, -0.05) is 13.0 Å². The number of halogens is 1. The second-order valence-electron chi connectivity index (χ2n) is 4.29. The van der Waals surface area contributed by atoms with Gasteiger partial charge in [-0.3, -0.25) is 4.79 Å². The average molecular weight is 237 g/mol. The first-order valence-electron chi connectivity index (χ1n) is 5.78. The number of hydrogen-bond acceptors (Lipinski definition) is 2. The monoisotopic (exact) mass is 237 g/mol. The van der Waals surface area contributed by atoms with Crippen molar-refractivity contribution in [2.75, 3.05) is 7.11 Å². The topological polar surface area (TPSA) is 38.3 Å². The third-order valence-electron chi connectivity index (χ3n) is 3.28. The summed E-state index contributed by atoms with van der Waals surface area (Å²) in [6.45, 7) is 2.02. The van der Waals surface area contributed by atoms with Crippen molar-refractivity contribution in [3.8, 4) is 5.75 Å². The first-order valence-corrected chi connectivity index (χ1v) is 5.78. The molecule has 0 aromatic heterocycles. The number of amides is 1. The van der Waals surface area contributed by atoms with E-state index in [2.05, 4.69) is 5.32 Å². The number of methoxy groups -OCH3 is 1. The van der Waals surface area contributed by atoms with E-state index in [1.165, 1.54) is 13.2 Å². The Morgan fingerprint density at radius 1 is 1.53 bits per heavy atom. The number of carbonyl (C=O) groups excluding carboxylic acids is 1. The van der Waals surface area contributed by atoms with E-state index in [4.69, 9.17) is 4.74 Å². The summed E-state index contributed by atoms with van der Waals surface area (Å²) in [4.78, 5) is 11.4. The molecule has 2 unspecified atom stereocenters. The lowest BCUT2D eigenvalue weighted by Crippen LogP contribution is -2.27. The molecule has 4 heteroatoms. The minimum absolute atomic E-state index is 0.0399. The number of hydrogen-bond donors (Lipinski definition) is 1. The second kappa shape index (κ2) is 4.73. The van der Waals surface area contributed by atoms with Crippen molar-refractivity contribution in [2.45, 2.75) is 31.7 Å². The van der Waals surface area contributed by atoms with Crippen LogP contribution in [0.15, 0.2) is 18.2 Å². The van der Waals surface area contributed by atoms with Gasteiger partial charge in [0.25, 0.3) is 0 Å². The van der Waals surface area contributed by atoms with Gasteiger partial charge in [0.05, 0.1) is 7.11 Å². The molecule has 0 aliphatic carbocycles. The smallest absolute Gasteiger partial charge is 0.220 e. The van der Waals surface area contributed by atoms with Gasteiger partial charge in [0.15, 0.2) is 11.6 Å². The Balaban J connectivity index is 2.27. The van der Waals surface area contributed by atoms with Crippen LogP contribution in [0.5, 0.6) is 5.75 Å². The summed E-state index contributed by atoms with van der Waals surface area (Å²) >= 11 is 0. The van der Waals surface area contributed by atoms with E-state index in [1.807, 2.05) is 13.0 Å². The minimum atomic E-state index is -0.376. The predicted molar refractivity (Wildman–Crippen MR) is 62.5 cm³/mol. The van der Waals surface area contributed by atoms with Crippen LogP contribution < -0.4 is 10.1 Å². The molecule has 2 atom stereocenters. The van der Waals surface area contributed by atoms with E-state index in [1.54, 1.807) is 6.07 Å². The van der Waals surface area contributed by atoms with Crippen LogP contribution in [-0.2, 0) is 4.79 Å². The first-order chi connectivity index (χ1) is 8.15. The van der Waals surface area contributed by atoms with Crippen LogP contribution in [0.1, 0.15) is 31.2 Å². The molecular weight excluding hydrogens is 221 g/mol. The summed E-state index contributed by atoms with van der Waals surface area (Å²) in [6.07, 6.45) is 1.29. The Morgan fingerprint density at radius 3 is 2.88 bits per heavy atom. The van der Waals surface area contributed by atoms with Gasteiger partial charge in [0.1, 0.15) is 0 Å². The quantitative estimate of drug-likeness (QED) is 0.875. The van der Waals surface area contributed by atoms with Gasteiger partial charge < -0.3 is 10.1 Å². The van der Waals surface area contributed by atoms with Crippen LogP contribution in [0.2, 0.25) is 0 Å². The predicted octanol–water partition coefficient (Wildman–Crippen LogP) is 2.22. The van der Waals surface area contributed by atoms with E-state index in [-0.39, 0.29) is 29.4 Å². The Labute approximate surface area is 100.0 Å². The molecule has 1 aliphatic heterocycles. The van der Waals surface area contributed by atoms with Crippen LogP contribution in [-0.4, -0.2) is 19.1 Å². The highest BCUT2D eigenvalue weighted by Crippen LogP contribution is 2.32. The second-order valence-corrected chi connectivity index (χ2v) is 4.29.